The van der Waals surface area contributed by atoms with E-state index in [0.29, 0.717) is 17.4 Å². The zero-order chi connectivity index (χ0) is 17.4. The van der Waals surface area contributed by atoms with Crippen molar-refractivity contribution in [3.63, 3.8) is 0 Å². The molecule has 3 nitrogen and oxygen atoms in total. The Bertz CT molecular complexity index is 823. The molecule has 0 spiro atoms. The SMILES string of the molecule is CN1C[C@H]2CN(Cc3cccc(C#N)c3)C[C@H]2[C@@H]1c1cccc(F)c1.Cl.Cl. The van der Waals surface area contributed by atoms with E-state index in [9.17, 15) is 4.39 Å². The Morgan fingerprint density at radius 1 is 1.07 bits per heavy atom. The van der Waals surface area contributed by atoms with E-state index in [1.54, 1.807) is 6.07 Å². The summed E-state index contributed by atoms with van der Waals surface area (Å²) in [6.45, 7) is 4.02. The maximum Gasteiger partial charge on any atom is 0.123 e. The summed E-state index contributed by atoms with van der Waals surface area (Å²) < 4.78 is 13.7. The van der Waals surface area contributed by atoms with Crippen LogP contribution in [0, 0.1) is 29.0 Å². The van der Waals surface area contributed by atoms with E-state index < -0.39 is 0 Å². The zero-order valence-corrected chi connectivity index (χ0v) is 16.8. The number of benzene rings is 2. The summed E-state index contributed by atoms with van der Waals surface area (Å²) >= 11 is 0. The van der Waals surface area contributed by atoms with E-state index >= 15 is 0 Å². The number of hydrogen-bond donors (Lipinski definition) is 0. The molecule has 0 unspecified atom stereocenters. The molecule has 2 aliphatic heterocycles. The van der Waals surface area contributed by atoms with Gasteiger partial charge in [-0.05, 0) is 54.3 Å². The molecule has 2 aliphatic rings. The lowest BCUT2D eigenvalue weighted by atomic mass is 9.89. The minimum absolute atomic E-state index is 0. The summed E-state index contributed by atoms with van der Waals surface area (Å²) in [5.74, 6) is 1.00. The second-order valence-electron chi connectivity index (χ2n) is 7.37. The minimum Gasteiger partial charge on any atom is -0.299 e. The molecule has 2 fully saturated rings. The Balaban J connectivity index is 0.00000131. The highest BCUT2D eigenvalue weighted by Gasteiger charge is 2.45. The summed E-state index contributed by atoms with van der Waals surface area (Å²) in [4.78, 5) is 4.85. The molecule has 0 bridgehead atoms. The molecule has 2 aromatic carbocycles. The van der Waals surface area contributed by atoms with E-state index in [-0.39, 0.29) is 36.7 Å². The third-order valence-corrected chi connectivity index (χ3v) is 5.62. The molecular formula is C21H24Cl2FN3. The molecule has 0 amide bonds. The maximum atomic E-state index is 13.7. The zero-order valence-electron chi connectivity index (χ0n) is 15.2. The van der Waals surface area contributed by atoms with E-state index in [4.69, 9.17) is 5.26 Å². The Morgan fingerprint density at radius 2 is 1.85 bits per heavy atom. The molecule has 0 aliphatic carbocycles. The van der Waals surface area contributed by atoms with Gasteiger partial charge in [0, 0.05) is 32.2 Å². The molecular weight excluding hydrogens is 384 g/mol. The molecule has 2 heterocycles. The highest BCUT2D eigenvalue weighted by molar-refractivity contribution is 5.85. The Morgan fingerprint density at radius 3 is 2.59 bits per heavy atom. The van der Waals surface area contributed by atoms with Crippen molar-refractivity contribution in [2.24, 2.45) is 11.8 Å². The fourth-order valence-electron chi connectivity index (χ4n) is 4.67. The van der Waals surface area contributed by atoms with Crippen LogP contribution in [0.2, 0.25) is 0 Å². The number of hydrogen-bond acceptors (Lipinski definition) is 3. The number of likely N-dealkylation sites (tertiary alicyclic amines) is 2. The molecule has 3 atom stereocenters. The number of halogens is 3. The Hall–Kier alpha value is -1.64. The quantitative estimate of drug-likeness (QED) is 0.760. The standard InChI is InChI=1S/C21H22FN3.2ClH/c1-24-12-18-13-25(11-16-5-2-4-15(8-16)10-23)14-20(18)21(24)17-6-3-7-19(22)9-17;;/h2-9,18,20-21H,11-14H2,1H3;2*1H/t18-,20+,21-;;/m0../s1. The first-order valence-electron chi connectivity index (χ1n) is 8.81. The van der Waals surface area contributed by atoms with E-state index in [1.165, 1.54) is 11.6 Å². The van der Waals surface area contributed by atoms with Crippen LogP contribution in [0.1, 0.15) is 22.7 Å². The Kier molecular flexibility index (Phi) is 7.25. The van der Waals surface area contributed by atoms with Crippen LogP contribution in [0.3, 0.4) is 0 Å². The lowest BCUT2D eigenvalue weighted by Crippen LogP contribution is -2.29. The predicted molar refractivity (Wildman–Crippen MR) is 110 cm³/mol. The third kappa shape index (κ3) is 4.44. The fourth-order valence-corrected chi connectivity index (χ4v) is 4.67. The second-order valence-corrected chi connectivity index (χ2v) is 7.37. The number of rotatable bonds is 3. The van der Waals surface area contributed by atoms with Crippen LogP contribution >= 0.6 is 24.8 Å². The van der Waals surface area contributed by atoms with E-state index in [1.807, 2.05) is 30.3 Å². The first-order valence-corrected chi connectivity index (χ1v) is 8.81. The number of nitriles is 1. The average Bonchev–Trinajstić information content (AvgIpc) is 3.10. The molecule has 27 heavy (non-hydrogen) atoms. The normalized spacial score (nSPS) is 24.6. The molecule has 0 saturated carbocycles. The van der Waals surface area contributed by atoms with E-state index in [0.717, 1.165) is 31.7 Å². The molecule has 144 valence electrons. The minimum atomic E-state index is -0.155. The lowest BCUT2D eigenvalue weighted by molar-refractivity contribution is 0.224. The van der Waals surface area contributed by atoms with Gasteiger partial charge < -0.3 is 0 Å². The van der Waals surface area contributed by atoms with Gasteiger partial charge in [0.25, 0.3) is 0 Å². The van der Waals surface area contributed by atoms with Crippen LogP contribution in [0.15, 0.2) is 48.5 Å². The summed E-state index contributed by atoms with van der Waals surface area (Å²) in [7, 11) is 2.15. The lowest BCUT2D eigenvalue weighted by Gasteiger charge is -2.27. The van der Waals surface area contributed by atoms with Crippen molar-refractivity contribution in [2.75, 3.05) is 26.7 Å². The van der Waals surface area contributed by atoms with Gasteiger partial charge in [-0.15, -0.1) is 24.8 Å². The van der Waals surface area contributed by atoms with Crippen LogP contribution in [0.25, 0.3) is 0 Å². The molecule has 0 radical (unpaired) electrons. The summed E-state index contributed by atoms with van der Waals surface area (Å²) in [5.41, 5.74) is 2.99. The summed E-state index contributed by atoms with van der Waals surface area (Å²) in [6.07, 6.45) is 0. The first-order chi connectivity index (χ1) is 12.1. The van der Waals surface area contributed by atoms with Crippen molar-refractivity contribution in [2.45, 2.75) is 12.6 Å². The highest BCUT2D eigenvalue weighted by atomic mass is 35.5. The van der Waals surface area contributed by atoms with Crippen LogP contribution in [-0.4, -0.2) is 36.5 Å². The van der Waals surface area contributed by atoms with Crippen molar-refractivity contribution in [1.29, 1.82) is 5.26 Å². The fraction of sp³-hybridized carbons (Fsp3) is 0.381. The van der Waals surface area contributed by atoms with Crippen molar-refractivity contribution in [3.05, 3.63) is 71.0 Å². The first kappa shape index (κ1) is 21.7. The van der Waals surface area contributed by atoms with Gasteiger partial charge in [-0.25, -0.2) is 4.39 Å². The van der Waals surface area contributed by atoms with Gasteiger partial charge in [-0.2, -0.15) is 5.26 Å². The van der Waals surface area contributed by atoms with Gasteiger partial charge in [-0.3, -0.25) is 9.80 Å². The smallest absolute Gasteiger partial charge is 0.123 e. The van der Waals surface area contributed by atoms with Crippen LogP contribution in [0.5, 0.6) is 0 Å². The summed E-state index contributed by atoms with van der Waals surface area (Å²) in [5, 5.41) is 9.07. The predicted octanol–water partition coefficient (Wildman–Crippen LogP) is 4.28. The molecule has 2 aromatic rings. The summed E-state index contributed by atoms with van der Waals surface area (Å²) in [6, 6.07) is 17.4. The largest absolute Gasteiger partial charge is 0.299 e. The van der Waals surface area contributed by atoms with Gasteiger partial charge in [0.2, 0.25) is 0 Å². The van der Waals surface area contributed by atoms with E-state index in [2.05, 4.69) is 29.0 Å². The number of fused-ring (bicyclic) bond motifs is 1. The van der Waals surface area contributed by atoms with Crippen molar-refractivity contribution < 1.29 is 4.39 Å². The average molecular weight is 408 g/mol. The topological polar surface area (TPSA) is 30.3 Å². The monoisotopic (exact) mass is 407 g/mol. The molecule has 0 N–H and O–H groups in total. The van der Waals surface area contributed by atoms with Gasteiger partial charge in [0.1, 0.15) is 5.82 Å². The van der Waals surface area contributed by atoms with Gasteiger partial charge in [0.15, 0.2) is 0 Å². The van der Waals surface area contributed by atoms with Crippen molar-refractivity contribution in [1.82, 2.24) is 9.80 Å². The van der Waals surface area contributed by atoms with Gasteiger partial charge >= 0.3 is 0 Å². The third-order valence-electron chi connectivity index (χ3n) is 5.62. The molecule has 0 aromatic heterocycles. The number of nitrogens with zero attached hydrogens (tertiary/aromatic N) is 3. The maximum absolute atomic E-state index is 13.7. The molecule has 2 saturated heterocycles. The van der Waals surface area contributed by atoms with Crippen LogP contribution in [0.4, 0.5) is 4.39 Å². The second kappa shape index (κ2) is 9.03. The van der Waals surface area contributed by atoms with Crippen molar-refractivity contribution >= 4 is 24.8 Å². The Labute approximate surface area is 172 Å². The van der Waals surface area contributed by atoms with Crippen LogP contribution in [-0.2, 0) is 6.54 Å². The van der Waals surface area contributed by atoms with Gasteiger partial charge in [-0.1, -0.05) is 24.3 Å². The van der Waals surface area contributed by atoms with Gasteiger partial charge in [0.05, 0.1) is 11.6 Å². The highest BCUT2D eigenvalue weighted by Crippen LogP contribution is 2.44. The van der Waals surface area contributed by atoms with Crippen molar-refractivity contribution in [3.8, 4) is 6.07 Å². The molecule has 4 rings (SSSR count). The molecule has 6 heteroatoms. The van der Waals surface area contributed by atoms with Crippen LogP contribution < -0.4 is 0 Å².